The third kappa shape index (κ3) is 3.90. The second-order valence-corrected chi connectivity index (χ2v) is 5.32. The SMILES string of the molecule is N#Cc1cc(F)ccc1NC(=O)CCCc1cccs1. The lowest BCUT2D eigenvalue weighted by molar-refractivity contribution is -0.116. The van der Waals surface area contributed by atoms with Gasteiger partial charge in [-0.05, 0) is 42.5 Å². The van der Waals surface area contributed by atoms with E-state index in [1.807, 2.05) is 23.6 Å². The van der Waals surface area contributed by atoms with Crippen LogP contribution in [0.25, 0.3) is 0 Å². The largest absolute Gasteiger partial charge is 0.325 e. The summed E-state index contributed by atoms with van der Waals surface area (Å²) < 4.78 is 13.0. The molecule has 2 aromatic rings. The number of anilines is 1. The van der Waals surface area contributed by atoms with Gasteiger partial charge in [0.05, 0.1) is 11.3 Å². The van der Waals surface area contributed by atoms with Crippen LogP contribution in [0.1, 0.15) is 23.3 Å². The first-order chi connectivity index (χ1) is 9.69. The van der Waals surface area contributed by atoms with Crippen molar-refractivity contribution in [3.05, 3.63) is 52.0 Å². The molecule has 20 heavy (non-hydrogen) atoms. The normalized spacial score (nSPS) is 10.0. The summed E-state index contributed by atoms with van der Waals surface area (Å²) in [6.07, 6.45) is 1.98. The van der Waals surface area contributed by atoms with Crippen molar-refractivity contribution in [1.29, 1.82) is 5.26 Å². The van der Waals surface area contributed by atoms with Gasteiger partial charge in [-0.15, -0.1) is 11.3 Å². The monoisotopic (exact) mass is 288 g/mol. The third-order valence-electron chi connectivity index (χ3n) is 2.78. The molecule has 102 valence electrons. The lowest BCUT2D eigenvalue weighted by Gasteiger charge is -2.06. The molecule has 1 amide bonds. The fourth-order valence-corrected chi connectivity index (χ4v) is 2.56. The van der Waals surface area contributed by atoms with Gasteiger partial charge in [-0.25, -0.2) is 4.39 Å². The maximum Gasteiger partial charge on any atom is 0.224 e. The Hall–Kier alpha value is -2.19. The second kappa shape index (κ2) is 6.83. The van der Waals surface area contributed by atoms with Crippen molar-refractivity contribution in [2.45, 2.75) is 19.3 Å². The number of halogens is 1. The van der Waals surface area contributed by atoms with Crippen LogP contribution < -0.4 is 5.32 Å². The predicted octanol–water partition coefficient (Wildman–Crippen LogP) is 3.72. The minimum atomic E-state index is -0.489. The molecule has 0 radical (unpaired) electrons. The molecular formula is C15H13FN2OS. The smallest absolute Gasteiger partial charge is 0.224 e. The van der Waals surface area contributed by atoms with Gasteiger partial charge in [0.15, 0.2) is 0 Å². The summed E-state index contributed by atoms with van der Waals surface area (Å²) >= 11 is 1.67. The average Bonchev–Trinajstić information content (AvgIpc) is 2.94. The van der Waals surface area contributed by atoms with E-state index in [2.05, 4.69) is 5.32 Å². The number of amides is 1. The van der Waals surface area contributed by atoms with Crippen molar-refractivity contribution in [2.75, 3.05) is 5.32 Å². The van der Waals surface area contributed by atoms with Gasteiger partial charge in [-0.3, -0.25) is 4.79 Å². The van der Waals surface area contributed by atoms with Crippen LogP contribution in [0.5, 0.6) is 0 Å². The summed E-state index contributed by atoms with van der Waals surface area (Å²) in [5.41, 5.74) is 0.492. The van der Waals surface area contributed by atoms with Gasteiger partial charge < -0.3 is 5.32 Å². The highest BCUT2D eigenvalue weighted by Gasteiger charge is 2.08. The van der Waals surface area contributed by atoms with Crippen molar-refractivity contribution < 1.29 is 9.18 Å². The van der Waals surface area contributed by atoms with E-state index in [1.165, 1.54) is 17.0 Å². The summed E-state index contributed by atoms with van der Waals surface area (Å²) in [5, 5.41) is 13.5. The molecule has 0 unspecified atom stereocenters. The van der Waals surface area contributed by atoms with E-state index in [0.717, 1.165) is 18.9 Å². The number of nitrogens with one attached hydrogen (secondary N) is 1. The van der Waals surface area contributed by atoms with Gasteiger partial charge in [0, 0.05) is 11.3 Å². The third-order valence-corrected chi connectivity index (χ3v) is 3.72. The fraction of sp³-hybridized carbons (Fsp3) is 0.200. The molecule has 0 bridgehead atoms. The van der Waals surface area contributed by atoms with Crippen molar-refractivity contribution in [3.8, 4) is 6.07 Å². The molecule has 3 nitrogen and oxygen atoms in total. The summed E-state index contributed by atoms with van der Waals surface area (Å²) in [6.45, 7) is 0. The molecule has 0 fully saturated rings. The zero-order valence-electron chi connectivity index (χ0n) is 10.7. The number of hydrogen-bond donors (Lipinski definition) is 1. The number of aryl methyl sites for hydroxylation is 1. The average molecular weight is 288 g/mol. The van der Waals surface area contributed by atoms with Crippen molar-refractivity contribution in [2.24, 2.45) is 0 Å². The molecule has 0 aliphatic rings. The molecule has 1 N–H and O–H groups in total. The summed E-state index contributed by atoms with van der Waals surface area (Å²) in [6, 6.07) is 9.63. The van der Waals surface area contributed by atoms with Crippen LogP contribution in [0.4, 0.5) is 10.1 Å². The van der Waals surface area contributed by atoms with Crippen LogP contribution >= 0.6 is 11.3 Å². The standard InChI is InChI=1S/C15H13FN2OS/c16-12-6-7-14(11(9-12)10-17)18-15(19)5-1-3-13-4-2-8-20-13/h2,4,6-9H,1,3,5H2,(H,18,19). The molecule has 0 saturated heterocycles. The molecule has 1 heterocycles. The number of nitriles is 1. The number of hydrogen-bond acceptors (Lipinski definition) is 3. The van der Waals surface area contributed by atoms with Gasteiger partial charge in [0.25, 0.3) is 0 Å². The van der Waals surface area contributed by atoms with Crippen LogP contribution in [-0.4, -0.2) is 5.91 Å². The Morgan fingerprint density at radius 2 is 2.25 bits per heavy atom. The quantitative estimate of drug-likeness (QED) is 0.911. The zero-order valence-corrected chi connectivity index (χ0v) is 11.5. The molecule has 0 spiro atoms. The van der Waals surface area contributed by atoms with Gasteiger partial charge in [0.2, 0.25) is 5.91 Å². The molecule has 0 atom stereocenters. The molecule has 0 saturated carbocycles. The van der Waals surface area contributed by atoms with Crippen molar-refractivity contribution in [3.63, 3.8) is 0 Å². The highest BCUT2D eigenvalue weighted by Crippen LogP contribution is 2.17. The lowest BCUT2D eigenvalue weighted by atomic mass is 10.1. The van der Waals surface area contributed by atoms with E-state index in [1.54, 1.807) is 11.3 Å². The van der Waals surface area contributed by atoms with Crippen LogP contribution in [0, 0.1) is 17.1 Å². The first-order valence-corrected chi connectivity index (χ1v) is 7.09. The Bertz CT molecular complexity index is 632. The zero-order chi connectivity index (χ0) is 14.4. The Balaban J connectivity index is 1.87. The molecular weight excluding hydrogens is 275 g/mol. The molecule has 1 aromatic carbocycles. The number of benzene rings is 1. The fourth-order valence-electron chi connectivity index (χ4n) is 1.81. The second-order valence-electron chi connectivity index (χ2n) is 4.28. The minimum Gasteiger partial charge on any atom is -0.325 e. The van der Waals surface area contributed by atoms with Crippen LogP contribution in [0.15, 0.2) is 35.7 Å². The van der Waals surface area contributed by atoms with E-state index in [0.29, 0.717) is 12.1 Å². The number of rotatable bonds is 5. The van der Waals surface area contributed by atoms with E-state index in [-0.39, 0.29) is 11.5 Å². The van der Waals surface area contributed by atoms with Gasteiger partial charge in [-0.2, -0.15) is 5.26 Å². The highest BCUT2D eigenvalue weighted by molar-refractivity contribution is 7.09. The summed E-state index contributed by atoms with van der Waals surface area (Å²) in [4.78, 5) is 13.0. The van der Waals surface area contributed by atoms with E-state index < -0.39 is 5.82 Å². The number of thiophene rings is 1. The molecule has 0 aliphatic heterocycles. The Labute approximate surface area is 120 Å². The van der Waals surface area contributed by atoms with E-state index in [4.69, 9.17) is 5.26 Å². The summed E-state index contributed by atoms with van der Waals surface area (Å²) in [7, 11) is 0. The van der Waals surface area contributed by atoms with Crippen molar-refractivity contribution in [1.82, 2.24) is 0 Å². The minimum absolute atomic E-state index is 0.136. The Kier molecular flexibility index (Phi) is 4.85. The van der Waals surface area contributed by atoms with E-state index in [9.17, 15) is 9.18 Å². The lowest BCUT2D eigenvalue weighted by Crippen LogP contribution is -2.12. The van der Waals surface area contributed by atoms with Crippen LogP contribution in [-0.2, 0) is 11.2 Å². The first kappa shape index (κ1) is 14.2. The number of carbonyl (C=O) groups is 1. The highest BCUT2D eigenvalue weighted by atomic mass is 32.1. The van der Waals surface area contributed by atoms with Gasteiger partial charge in [0.1, 0.15) is 11.9 Å². The van der Waals surface area contributed by atoms with Gasteiger partial charge in [-0.1, -0.05) is 6.07 Å². The molecule has 0 aliphatic carbocycles. The Morgan fingerprint density at radius 1 is 1.40 bits per heavy atom. The first-order valence-electron chi connectivity index (χ1n) is 6.21. The van der Waals surface area contributed by atoms with Crippen LogP contribution in [0.2, 0.25) is 0 Å². The number of carbonyl (C=O) groups excluding carboxylic acids is 1. The van der Waals surface area contributed by atoms with Crippen LogP contribution in [0.3, 0.4) is 0 Å². The van der Waals surface area contributed by atoms with E-state index >= 15 is 0 Å². The topological polar surface area (TPSA) is 52.9 Å². The van der Waals surface area contributed by atoms with Gasteiger partial charge >= 0.3 is 0 Å². The molecule has 5 heteroatoms. The number of nitrogens with zero attached hydrogens (tertiary/aromatic N) is 1. The summed E-state index contributed by atoms with van der Waals surface area (Å²) in [5.74, 6) is -0.651. The molecule has 1 aromatic heterocycles. The maximum absolute atomic E-state index is 13.0. The predicted molar refractivity (Wildman–Crippen MR) is 77.0 cm³/mol. The Morgan fingerprint density at radius 3 is 2.95 bits per heavy atom. The van der Waals surface area contributed by atoms with Crippen molar-refractivity contribution >= 4 is 22.9 Å². The maximum atomic E-state index is 13.0. The molecule has 2 rings (SSSR count).